The number of aromatic nitrogens is 2. The number of hydrogen-bond acceptors (Lipinski definition) is 3. The number of amides is 1. The lowest BCUT2D eigenvalue weighted by molar-refractivity contribution is -0.139. The predicted octanol–water partition coefficient (Wildman–Crippen LogP) is 2.45. The molecular formula is C17H18FN3O3. The molecule has 1 aromatic heterocycles. The van der Waals surface area contributed by atoms with Crippen LogP contribution in [0.15, 0.2) is 30.5 Å². The van der Waals surface area contributed by atoms with Crippen LogP contribution in [0.2, 0.25) is 0 Å². The minimum Gasteiger partial charge on any atom is -0.481 e. The van der Waals surface area contributed by atoms with Crippen molar-refractivity contribution in [3.8, 4) is 5.69 Å². The summed E-state index contributed by atoms with van der Waals surface area (Å²) in [6.07, 6.45) is 3.60. The van der Waals surface area contributed by atoms with Crippen LogP contribution in [0.4, 0.5) is 4.39 Å². The largest absolute Gasteiger partial charge is 0.481 e. The molecule has 0 spiro atoms. The lowest BCUT2D eigenvalue weighted by Gasteiger charge is -2.41. The van der Waals surface area contributed by atoms with Gasteiger partial charge in [-0.1, -0.05) is 0 Å². The Morgan fingerprint density at radius 3 is 2.54 bits per heavy atom. The van der Waals surface area contributed by atoms with Gasteiger partial charge >= 0.3 is 5.97 Å². The van der Waals surface area contributed by atoms with E-state index in [2.05, 4.69) is 10.4 Å². The number of carbonyl (C=O) groups is 2. The number of nitrogens with zero attached hydrogens (tertiary/aromatic N) is 2. The smallest absolute Gasteiger partial charge is 0.305 e. The molecule has 1 aliphatic carbocycles. The van der Waals surface area contributed by atoms with Crippen molar-refractivity contribution in [1.29, 1.82) is 0 Å². The molecular weight excluding hydrogens is 313 g/mol. The molecule has 0 atom stereocenters. The molecule has 0 saturated heterocycles. The molecule has 6 nitrogen and oxygen atoms in total. The Labute approximate surface area is 138 Å². The Morgan fingerprint density at radius 2 is 2.00 bits per heavy atom. The highest BCUT2D eigenvalue weighted by molar-refractivity contribution is 5.96. The lowest BCUT2D eigenvalue weighted by atomic mass is 9.74. The van der Waals surface area contributed by atoms with Gasteiger partial charge in [-0.05, 0) is 50.5 Å². The topological polar surface area (TPSA) is 84.2 Å². The van der Waals surface area contributed by atoms with Crippen molar-refractivity contribution in [1.82, 2.24) is 15.1 Å². The van der Waals surface area contributed by atoms with Crippen LogP contribution in [0.3, 0.4) is 0 Å². The summed E-state index contributed by atoms with van der Waals surface area (Å²) in [4.78, 5) is 23.5. The number of hydrogen-bond donors (Lipinski definition) is 2. The predicted molar refractivity (Wildman–Crippen MR) is 84.6 cm³/mol. The van der Waals surface area contributed by atoms with Gasteiger partial charge in [0.05, 0.1) is 35.1 Å². The molecule has 3 rings (SSSR count). The number of aliphatic carboxylic acids is 1. The van der Waals surface area contributed by atoms with Gasteiger partial charge in [0.1, 0.15) is 5.82 Å². The Kier molecular flexibility index (Phi) is 4.09. The van der Waals surface area contributed by atoms with Gasteiger partial charge in [-0.15, -0.1) is 0 Å². The average molecular weight is 331 g/mol. The Bertz CT molecular complexity index is 779. The number of carbonyl (C=O) groups excluding carboxylic acids is 1. The van der Waals surface area contributed by atoms with Crippen molar-refractivity contribution in [2.75, 3.05) is 0 Å². The summed E-state index contributed by atoms with van der Waals surface area (Å²) in [7, 11) is 0. The van der Waals surface area contributed by atoms with Gasteiger partial charge < -0.3 is 10.4 Å². The summed E-state index contributed by atoms with van der Waals surface area (Å²) in [5.41, 5.74) is 0.990. The number of halogens is 1. The highest BCUT2D eigenvalue weighted by atomic mass is 19.1. The lowest BCUT2D eigenvalue weighted by Crippen LogP contribution is -2.54. The molecule has 0 unspecified atom stereocenters. The zero-order valence-corrected chi connectivity index (χ0v) is 13.3. The van der Waals surface area contributed by atoms with Crippen LogP contribution in [0.25, 0.3) is 5.69 Å². The summed E-state index contributed by atoms with van der Waals surface area (Å²) in [6.45, 7) is 1.75. The van der Waals surface area contributed by atoms with Crippen molar-refractivity contribution < 1.29 is 19.1 Å². The summed E-state index contributed by atoms with van der Waals surface area (Å²) in [6, 6.07) is 5.81. The molecule has 24 heavy (non-hydrogen) atoms. The zero-order valence-electron chi connectivity index (χ0n) is 13.3. The van der Waals surface area contributed by atoms with Crippen LogP contribution in [0, 0.1) is 12.7 Å². The van der Waals surface area contributed by atoms with Gasteiger partial charge in [0.2, 0.25) is 0 Å². The number of rotatable bonds is 5. The third kappa shape index (κ3) is 3.02. The van der Waals surface area contributed by atoms with E-state index < -0.39 is 11.5 Å². The molecule has 1 fully saturated rings. The summed E-state index contributed by atoms with van der Waals surface area (Å²) in [5.74, 6) is -1.60. The van der Waals surface area contributed by atoms with Crippen LogP contribution >= 0.6 is 0 Å². The zero-order chi connectivity index (χ0) is 17.3. The van der Waals surface area contributed by atoms with E-state index >= 15 is 0 Å². The van der Waals surface area contributed by atoms with Gasteiger partial charge in [-0.3, -0.25) is 9.59 Å². The van der Waals surface area contributed by atoms with Crippen molar-refractivity contribution in [2.24, 2.45) is 0 Å². The normalized spacial score (nSPS) is 15.6. The number of nitrogens with one attached hydrogen (secondary N) is 1. The molecule has 1 amide bonds. The van der Waals surface area contributed by atoms with Gasteiger partial charge in [0.25, 0.3) is 5.91 Å². The molecule has 0 bridgehead atoms. The number of carboxylic acid groups (broad SMARTS) is 1. The quantitative estimate of drug-likeness (QED) is 0.881. The van der Waals surface area contributed by atoms with E-state index in [1.807, 2.05) is 0 Å². The second kappa shape index (κ2) is 6.07. The van der Waals surface area contributed by atoms with Gasteiger partial charge in [-0.2, -0.15) is 5.10 Å². The Balaban J connectivity index is 1.81. The third-order valence-electron chi connectivity index (χ3n) is 4.50. The Hall–Kier alpha value is -2.70. The van der Waals surface area contributed by atoms with Crippen molar-refractivity contribution >= 4 is 11.9 Å². The third-order valence-corrected chi connectivity index (χ3v) is 4.50. The van der Waals surface area contributed by atoms with E-state index in [1.165, 1.54) is 18.3 Å². The van der Waals surface area contributed by atoms with Gasteiger partial charge in [-0.25, -0.2) is 9.07 Å². The highest BCUT2D eigenvalue weighted by Crippen LogP contribution is 2.35. The van der Waals surface area contributed by atoms with Crippen LogP contribution in [-0.2, 0) is 4.79 Å². The summed E-state index contributed by atoms with van der Waals surface area (Å²) >= 11 is 0. The second-order valence-electron chi connectivity index (χ2n) is 6.19. The molecule has 1 aliphatic rings. The molecule has 2 N–H and O–H groups in total. The van der Waals surface area contributed by atoms with Crippen molar-refractivity contribution in [2.45, 2.75) is 38.1 Å². The fourth-order valence-electron chi connectivity index (χ4n) is 3.02. The first-order valence-electron chi connectivity index (χ1n) is 7.75. The first-order valence-corrected chi connectivity index (χ1v) is 7.75. The van der Waals surface area contributed by atoms with Gasteiger partial charge in [0.15, 0.2) is 0 Å². The molecule has 1 aromatic carbocycles. The van der Waals surface area contributed by atoms with Crippen LogP contribution in [0.1, 0.15) is 41.7 Å². The van der Waals surface area contributed by atoms with Crippen molar-refractivity contribution in [3.63, 3.8) is 0 Å². The molecule has 2 aromatic rings. The molecule has 0 radical (unpaired) electrons. The van der Waals surface area contributed by atoms with Crippen LogP contribution in [0.5, 0.6) is 0 Å². The van der Waals surface area contributed by atoms with E-state index in [-0.39, 0.29) is 18.1 Å². The van der Waals surface area contributed by atoms with E-state index in [0.29, 0.717) is 29.8 Å². The maximum absolute atomic E-state index is 13.0. The molecule has 0 aliphatic heterocycles. The molecule has 126 valence electrons. The second-order valence-corrected chi connectivity index (χ2v) is 6.19. The number of benzene rings is 1. The van der Waals surface area contributed by atoms with Crippen molar-refractivity contribution in [3.05, 3.63) is 47.5 Å². The number of carboxylic acids is 1. The monoisotopic (exact) mass is 331 g/mol. The van der Waals surface area contributed by atoms with E-state index in [9.17, 15) is 14.0 Å². The minimum absolute atomic E-state index is 0.0795. The van der Waals surface area contributed by atoms with Crippen LogP contribution in [-0.4, -0.2) is 32.3 Å². The van der Waals surface area contributed by atoms with E-state index in [1.54, 1.807) is 23.7 Å². The maximum Gasteiger partial charge on any atom is 0.305 e. The van der Waals surface area contributed by atoms with E-state index in [0.717, 1.165) is 6.42 Å². The fraction of sp³-hybridized carbons (Fsp3) is 0.353. The standard InChI is InChI=1S/C17H18FN3O3/c1-11-14(10-19-21(11)13-5-3-12(18)4-6-13)16(24)20-17(7-2-8-17)9-15(22)23/h3-6,10H,2,7-9H2,1H3,(H,20,24)(H,22,23). The average Bonchev–Trinajstić information content (AvgIpc) is 2.87. The van der Waals surface area contributed by atoms with Crippen LogP contribution < -0.4 is 5.32 Å². The van der Waals surface area contributed by atoms with Gasteiger partial charge in [0, 0.05) is 0 Å². The SMILES string of the molecule is Cc1c(C(=O)NC2(CC(=O)O)CCC2)cnn1-c1ccc(F)cc1. The van der Waals surface area contributed by atoms with E-state index in [4.69, 9.17) is 5.11 Å². The minimum atomic E-state index is -0.922. The first-order chi connectivity index (χ1) is 11.4. The summed E-state index contributed by atoms with van der Waals surface area (Å²) in [5, 5.41) is 16.1. The fourth-order valence-corrected chi connectivity index (χ4v) is 3.02. The highest BCUT2D eigenvalue weighted by Gasteiger charge is 2.40. The molecule has 7 heteroatoms. The first kappa shape index (κ1) is 16.2. The molecule has 1 saturated carbocycles. The molecule has 1 heterocycles. The maximum atomic E-state index is 13.0. The summed E-state index contributed by atoms with van der Waals surface area (Å²) < 4.78 is 14.6. The Morgan fingerprint density at radius 1 is 1.33 bits per heavy atom.